The van der Waals surface area contributed by atoms with Crippen molar-refractivity contribution in [3.8, 4) is 0 Å². The van der Waals surface area contributed by atoms with Crippen LogP contribution in [0.3, 0.4) is 0 Å². The highest BCUT2D eigenvalue weighted by Crippen LogP contribution is 2.14. The van der Waals surface area contributed by atoms with Crippen molar-refractivity contribution in [1.82, 2.24) is 9.55 Å². The topological polar surface area (TPSA) is 67.2 Å². The molecular weight excluding hydrogens is 266 g/mol. The Balaban J connectivity index is 2.29. The fraction of sp³-hybridized carbons (Fsp3) is 0.385. The molecule has 0 fully saturated rings. The number of aliphatic hydroxyl groups is 1. The number of alkyl halides is 1. The van der Waals surface area contributed by atoms with Crippen LogP contribution in [0.1, 0.15) is 6.92 Å². The lowest BCUT2D eigenvalue weighted by Crippen LogP contribution is -2.21. The third kappa shape index (κ3) is 3.05. The summed E-state index contributed by atoms with van der Waals surface area (Å²) in [5.41, 5.74) is 1.40. The smallest absolute Gasteiger partial charge is 0.261 e. The third-order valence-corrected chi connectivity index (χ3v) is 3.24. The first kappa shape index (κ1) is 13.8. The number of fused-ring (bicyclic) bond motifs is 1. The zero-order valence-corrected chi connectivity index (χ0v) is 11.4. The van der Waals surface area contributed by atoms with Gasteiger partial charge in [0.1, 0.15) is 0 Å². The van der Waals surface area contributed by atoms with E-state index in [1.54, 1.807) is 29.1 Å². The molecule has 0 saturated carbocycles. The van der Waals surface area contributed by atoms with Gasteiger partial charge in [0, 0.05) is 18.8 Å². The van der Waals surface area contributed by atoms with Crippen molar-refractivity contribution in [3.05, 3.63) is 34.9 Å². The van der Waals surface area contributed by atoms with Gasteiger partial charge < -0.3 is 10.4 Å². The number of benzene rings is 1. The van der Waals surface area contributed by atoms with Crippen molar-refractivity contribution >= 4 is 28.2 Å². The lowest BCUT2D eigenvalue weighted by molar-refractivity contribution is 0.211. The quantitative estimate of drug-likeness (QED) is 0.814. The molecule has 0 aliphatic heterocycles. The second kappa shape index (κ2) is 6.04. The predicted octanol–water partition coefficient (Wildman–Crippen LogP) is 1.43. The largest absolute Gasteiger partial charge is 0.390 e. The summed E-state index contributed by atoms with van der Waals surface area (Å²) in [5.74, 6) is 0.181. The number of halogens is 1. The number of hydrogen-bond acceptors (Lipinski definition) is 4. The van der Waals surface area contributed by atoms with Gasteiger partial charge >= 0.3 is 0 Å². The molecule has 1 aromatic carbocycles. The van der Waals surface area contributed by atoms with Crippen LogP contribution in [-0.4, -0.2) is 33.2 Å². The molecule has 19 heavy (non-hydrogen) atoms. The molecule has 1 heterocycles. The molecule has 0 spiro atoms. The summed E-state index contributed by atoms with van der Waals surface area (Å²) in [4.78, 5) is 16.3. The first-order valence-corrected chi connectivity index (χ1v) is 6.66. The van der Waals surface area contributed by atoms with Crippen LogP contribution >= 0.6 is 11.6 Å². The summed E-state index contributed by atoms with van der Waals surface area (Å²) in [5, 5.41) is 13.0. The van der Waals surface area contributed by atoms with Crippen LogP contribution in [0.25, 0.3) is 10.9 Å². The molecule has 1 aromatic heterocycles. The van der Waals surface area contributed by atoms with Crippen molar-refractivity contribution in [3.63, 3.8) is 0 Å². The van der Waals surface area contributed by atoms with E-state index in [4.69, 9.17) is 11.6 Å². The van der Waals surface area contributed by atoms with E-state index in [1.165, 1.54) is 0 Å². The van der Waals surface area contributed by atoms with E-state index in [2.05, 4.69) is 10.3 Å². The highest BCUT2D eigenvalue weighted by Gasteiger charge is 2.05. The molecule has 0 bridgehead atoms. The van der Waals surface area contributed by atoms with Gasteiger partial charge in [-0.15, -0.1) is 11.6 Å². The maximum Gasteiger partial charge on any atom is 0.261 e. The lowest BCUT2D eigenvalue weighted by Gasteiger charge is -2.10. The Morgan fingerprint density at radius 2 is 2.32 bits per heavy atom. The zero-order chi connectivity index (χ0) is 13.8. The van der Waals surface area contributed by atoms with Crippen LogP contribution in [0, 0.1) is 0 Å². The number of aryl methyl sites for hydroxylation is 1. The fourth-order valence-corrected chi connectivity index (χ4v) is 1.89. The average Bonchev–Trinajstić information content (AvgIpc) is 2.45. The van der Waals surface area contributed by atoms with E-state index in [0.717, 1.165) is 5.69 Å². The number of hydrogen-bond donors (Lipinski definition) is 2. The molecule has 0 radical (unpaired) electrons. The van der Waals surface area contributed by atoms with Crippen molar-refractivity contribution in [2.45, 2.75) is 19.6 Å². The molecule has 5 nitrogen and oxygen atoms in total. The number of nitrogens with one attached hydrogen (secondary N) is 1. The standard InChI is InChI=1S/C13H16ClN3O2/c1-2-17-8-16-12-5-9(15-7-10(18)6-14)3-4-11(12)13(17)19/h3-5,8,10,15,18H,2,6-7H2,1H3. The highest BCUT2D eigenvalue weighted by molar-refractivity contribution is 6.18. The van der Waals surface area contributed by atoms with Crippen LogP contribution < -0.4 is 10.9 Å². The third-order valence-electron chi connectivity index (χ3n) is 2.89. The van der Waals surface area contributed by atoms with Gasteiger partial charge in [-0.05, 0) is 25.1 Å². The molecule has 2 rings (SSSR count). The SMILES string of the molecule is CCn1cnc2cc(NCC(O)CCl)ccc2c1=O. The summed E-state index contributed by atoms with van der Waals surface area (Å²) in [6.07, 6.45) is 0.945. The minimum absolute atomic E-state index is 0.0418. The minimum Gasteiger partial charge on any atom is -0.390 e. The van der Waals surface area contributed by atoms with E-state index in [9.17, 15) is 9.90 Å². The second-order valence-electron chi connectivity index (χ2n) is 4.26. The Kier molecular flexibility index (Phi) is 4.39. The molecule has 102 valence electrons. The first-order valence-electron chi connectivity index (χ1n) is 6.12. The molecule has 1 atom stereocenters. The normalized spacial score (nSPS) is 12.6. The van der Waals surface area contributed by atoms with Crippen LogP contribution in [0.4, 0.5) is 5.69 Å². The second-order valence-corrected chi connectivity index (χ2v) is 4.57. The molecule has 2 N–H and O–H groups in total. The number of aromatic nitrogens is 2. The molecule has 0 aliphatic carbocycles. The van der Waals surface area contributed by atoms with Crippen molar-refractivity contribution in [1.29, 1.82) is 0 Å². The molecule has 0 saturated heterocycles. The summed E-state index contributed by atoms with van der Waals surface area (Å²) >= 11 is 5.52. The van der Waals surface area contributed by atoms with E-state index >= 15 is 0 Å². The number of anilines is 1. The van der Waals surface area contributed by atoms with Crippen LogP contribution in [-0.2, 0) is 6.54 Å². The number of nitrogens with zero attached hydrogens (tertiary/aromatic N) is 2. The fourth-order valence-electron chi connectivity index (χ4n) is 1.78. The average molecular weight is 282 g/mol. The van der Waals surface area contributed by atoms with Gasteiger partial charge in [-0.2, -0.15) is 0 Å². The molecular formula is C13H16ClN3O2. The Morgan fingerprint density at radius 3 is 3.00 bits per heavy atom. The Hall–Kier alpha value is -1.59. The molecule has 6 heteroatoms. The van der Waals surface area contributed by atoms with E-state index in [0.29, 0.717) is 24.0 Å². The zero-order valence-electron chi connectivity index (χ0n) is 10.6. The molecule has 1 unspecified atom stereocenters. The van der Waals surface area contributed by atoms with Crippen molar-refractivity contribution in [2.75, 3.05) is 17.7 Å². The van der Waals surface area contributed by atoms with E-state index in [-0.39, 0.29) is 11.4 Å². The van der Waals surface area contributed by atoms with E-state index in [1.807, 2.05) is 6.92 Å². The maximum absolute atomic E-state index is 12.0. The summed E-state index contributed by atoms with van der Waals surface area (Å²) < 4.78 is 1.56. The summed E-state index contributed by atoms with van der Waals surface area (Å²) in [6, 6.07) is 5.33. The number of aliphatic hydroxyl groups excluding tert-OH is 1. The van der Waals surface area contributed by atoms with Gasteiger partial charge in [0.25, 0.3) is 5.56 Å². The Labute approximate surface area is 115 Å². The molecule has 0 aliphatic rings. The van der Waals surface area contributed by atoms with Gasteiger partial charge in [0.05, 0.1) is 29.2 Å². The lowest BCUT2D eigenvalue weighted by atomic mass is 10.2. The van der Waals surface area contributed by atoms with Gasteiger partial charge in [0.15, 0.2) is 0 Å². The van der Waals surface area contributed by atoms with Gasteiger partial charge in [-0.25, -0.2) is 4.98 Å². The summed E-state index contributed by atoms with van der Waals surface area (Å²) in [7, 11) is 0. The van der Waals surface area contributed by atoms with Crippen LogP contribution in [0.2, 0.25) is 0 Å². The van der Waals surface area contributed by atoms with Gasteiger partial charge in [-0.3, -0.25) is 9.36 Å². The van der Waals surface area contributed by atoms with Gasteiger partial charge in [-0.1, -0.05) is 0 Å². The summed E-state index contributed by atoms with van der Waals surface area (Å²) in [6.45, 7) is 2.86. The van der Waals surface area contributed by atoms with Crippen molar-refractivity contribution in [2.24, 2.45) is 0 Å². The van der Waals surface area contributed by atoms with Crippen molar-refractivity contribution < 1.29 is 5.11 Å². The minimum atomic E-state index is -0.599. The predicted molar refractivity (Wildman–Crippen MR) is 76.9 cm³/mol. The van der Waals surface area contributed by atoms with Crippen LogP contribution in [0.15, 0.2) is 29.3 Å². The van der Waals surface area contributed by atoms with Crippen LogP contribution in [0.5, 0.6) is 0 Å². The molecule has 0 amide bonds. The highest BCUT2D eigenvalue weighted by atomic mass is 35.5. The number of rotatable bonds is 5. The van der Waals surface area contributed by atoms with Gasteiger partial charge in [0.2, 0.25) is 0 Å². The first-order chi connectivity index (χ1) is 9.15. The maximum atomic E-state index is 12.0. The Bertz CT molecular complexity index is 627. The molecule has 2 aromatic rings. The monoisotopic (exact) mass is 281 g/mol. The van der Waals surface area contributed by atoms with E-state index < -0.39 is 6.10 Å². The Morgan fingerprint density at radius 1 is 1.53 bits per heavy atom.